The summed E-state index contributed by atoms with van der Waals surface area (Å²) in [5.41, 5.74) is 3.20. The molecule has 1 N–H and O–H groups in total. The molecule has 0 bridgehead atoms. The van der Waals surface area contributed by atoms with E-state index in [4.69, 9.17) is 5.11 Å². The highest BCUT2D eigenvalue weighted by Crippen LogP contribution is 2.15. The Morgan fingerprint density at radius 2 is 1.16 bits per heavy atom. The van der Waals surface area contributed by atoms with Crippen molar-refractivity contribution in [3.8, 4) is 0 Å². The molecule has 3 aromatic rings. The van der Waals surface area contributed by atoms with Gasteiger partial charge in [-0.25, -0.2) is 4.79 Å². The van der Waals surface area contributed by atoms with Gasteiger partial charge in [-0.05, 0) is 42.5 Å². The molecule has 0 aliphatic rings. The zero-order valence-corrected chi connectivity index (χ0v) is 15.8. The first-order valence-electron chi connectivity index (χ1n) is 8.15. The lowest BCUT2D eigenvalue weighted by molar-refractivity contribution is 0.0695. The number of carboxylic acids is 1. The van der Waals surface area contributed by atoms with Gasteiger partial charge in [0.15, 0.2) is 0 Å². The monoisotopic (exact) mass is 350 g/mol. The van der Waals surface area contributed by atoms with Crippen LogP contribution in [-0.4, -0.2) is 11.1 Å². The third kappa shape index (κ3) is 5.85. The van der Waals surface area contributed by atoms with E-state index in [0.29, 0.717) is 5.56 Å². The van der Waals surface area contributed by atoms with Gasteiger partial charge in [0.1, 0.15) is 0 Å². The van der Waals surface area contributed by atoms with Gasteiger partial charge in [-0.3, -0.25) is 0 Å². The SMILES string of the molecule is Cc1cc(C)c(C(=O)O)c(C)c1.c1ccc(Pc2ccccc2)cc1. The summed E-state index contributed by atoms with van der Waals surface area (Å²) in [4.78, 5) is 10.8. The summed E-state index contributed by atoms with van der Waals surface area (Å²) in [7, 11) is 0.777. The van der Waals surface area contributed by atoms with Crippen molar-refractivity contribution in [3.05, 3.63) is 95.1 Å². The Bertz CT molecular complexity index is 767. The Morgan fingerprint density at radius 3 is 1.52 bits per heavy atom. The Morgan fingerprint density at radius 1 is 0.760 bits per heavy atom. The van der Waals surface area contributed by atoms with Crippen LogP contribution in [0.25, 0.3) is 0 Å². The molecule has 0 saturated heterocycles. The standard InChI is InChI=1S/C12H11P.C10H12O2/c1-3-7-11(8-4-1)13-12-9-5-2-6-10-12;1-6-4-7(2)9(10(11)12)8(3)5-6/h1-10,13H;4-5H,1-3H3,(H,11,12). The number of benzene rings is 3. The van der Waals surface area contributed by atoms with Gasteiger partial charge in [-0.1, -0.05) is 86.9 Å². The van der Waals surface area contributed by atoms with E-state index in [2.05, 4.69) is 60.7 Å². The lowest BCUT2D eigenvalue weighted by Gasteiger charge is -2.05. The maximum atomic E-state index is 10.8. The maximum Gasteiger partial charge on any atom is 0.336 e. The van der Waals surface area contributed by atoms with Crippen LogP contribution in [-0.2, 0) is 0 Å². The smallest absolute Gasteiger partial charge is 0.336 e. The average Bonchev–Trinajstić information content (AvgIpc) is 2.56. The maximum absolute atomic E-state index is 10.8. The van der Waals surface area contributed by atoms with Gasteiger partial charge in [-0.2, -0.15) is 0 Å². The molecule has 3 rings (SSSR count). The second kappa shape index (κ2) is 9.15. The van der Waals surface area contributed by atoms with Crippen LogP contribution in [0.15, 0.2) is 72.8 Å². The first kappa shape index (κ1) is 18.9. The van der Waals surface area contributed by atoms with Crippen molar-refractivity contribution in [1.82, 2.24) is 0 Å². The zero-order chi connectivity index (χ0) is 18.2. The number of hydrogen-bond donors (Lipinski definition) is 1. The number of aryl methyl sites for hydroxylation is 3. The summed E-state index contributed by atoms with van der Waals surface area (Å²) < 4.78 is 0. The van der Waals surface area contributed by atoms with E-state index in [9.17, 15) is 4.79 Å². The highest BCUT2D eigenvalue weighted by molar-refractivity contribution is 7.55. The lowest BCUT2D eigenvalue weighted by Crippen LogP contribution is -2.03. The van der Waals surface area contributed by atoms with Crippen molar-refractivity contribution in [3.63, 3.8) is 0 Å². The van der Waals surface area contributed by atoms with Crippen LogP contribution in [0.2, 0.25) is 0 Å². The summed E-state index contributed by atoms with van der Waals surface area (Å²) in [5.74, 6) is -0.843. The molecule has 3 heteroatoms. The molecule has 0 fully saturated rings. The Labute approximate surface area is 151 Å². The van der Waals surface area contributed by atoms with Crippen molar-refractivity contribution >= 4 is 25.2 Å². The first-order valence-corrected chi connectivity index (χ1v) is 9.15. The van der Waals surface area contributed by atoms with Crippen LogP contribution in [0.4, 0.5) is 0 Å². The van der Waals surface area contributed by atoms with Crippen molar-refractivity contribution in [2.75, 3.05) is 0 Å². The first-order chi connectivity index (χ1) is 12.0. The fraction of sp³-hybridized carbons (Fsp3) is 0.136. The van der Waals surface area contributed by atoms with Crippen molar-refractivity contribution in [1.29, 1.82) is 0 Å². The van der Waals surface area contributed by atoms with Crippen molar-refractivity contribution in [2.45, 2.75) is 20.8 Å². The van der Waals surface area contributed by atoms with Crippen LogP contribution < -0.4 is 10.6 Å². The van der Waals surface area contributed by atoms with Crippen LogP contribution in [0, 0.1) is 20.8 Å². The lowest BCUT2D eigenvalue weighted by atomic mass is 10.0. The van der Waals surface area contributed by atoms with Crippen molar-refractivity contribution < 1.29 is 9.90 Å². The Balaban J connectivity index is 0.000000181. The number of aromatic carboxylic acids is 1. The van der Waals surface area contributed by atoms with Gasteiger partial charge < -0.3 is 5.11 Å². The fourth-order valence-electron chi connectivity index (χ4n) is 2.73. The highest BCUT2D eigenvalue weighted by atomic mass is 31.1. The molecule has 0 unspecified atom stereocenters. The molecule has 0 aliphatic heterocycles. The molecular formula is C22H23O2P. The van der Waals surface area contributed by atoms with Gasteiger partial charge in [0.25, 0.3) is 0 Å². The average molecular weight is 350 g/mol. The second-order valence-corrected chi connectivity index (χ2v) is 7.34. The molecule has 0 radical (unpaired) electrons. The molecule has 0 aliphatic carbocycles. The second-order valence-electron chi connectivity index (χ2n) is 5.94. The molecule has 0 spiro atoms. The molecule has 25 heavy (non-hydrogen) atoms. The zero-order valence-electron chi connectivity index (χ0n) is 14.8. The van der Waals surface area contributed by atoms with Gasteiger partial charge in [-0.15, -0.1) is 0 Å². The van der Waals surface area contributed by atoms with E-state index < -0.39 is 5.97 Å². The minimum absolute atomic E-state index is 0.431. The Kier molecular flexibility index (Phi) is 6.91. The molecule has 0 amide bonds. The van der Waals surface area contributed by atoms with Crippen LogP contribution in [0.5, 0.6) is 0 Å². The van der Waals surface area contributed by atoms with Crippen molar-refractivity contribution in [2.24, 2.45) is 0 Å². The summed E-state index contributed by atoms with van der Waals surface area (Å²) >= 11 is 0. The van der Waals surface area contributed by atoms with Crippen LogP contribution in [0.1, 0.15) is 27.0 Å². The molecular weight excluding hydrogens is 327 g/mol. The Hall–Kier alpha value is -2.44. The quantitative estimate of drug-likeness (QED) is 0.700. The van der Waals surface area contributed by atoms with Crippen LogP contribution >= 0.6 is 8.58 Å². The predicted molar refractivity (Wildman–Crippen MR) is 108 cm³/mol. The van der Waals surface area contributed by atoms with E-state index >= 15 is 0 Å². The third-order valence-corrected chi connectivity index (χ3v) is 4.97. The van der Waals surface area contributed by atoms with Gasteiger partial charge in [0.05, 0.1) is 5.56 Å². The van der Waals surface area contributed by atoms with E-state index in [1.54, 1.807) is 0 Å². The largest absolute Gasteiger partial charge is 0.478 e. The molecule has 128 valence electrons. The van der Waals surface area contributed by atoms with Gasteiger partial charge >= 0.3 is 5.97 Å². The molecule has 0 heterocycles. The summed E-state index contributed by atoms with van der Waals surface area (Å²) in [6, 6.07) is 24.9. The summed E-state index contributed by atoms with van der Waals surface area (Å²) in [6.07, 6.45) is 0. The normalized spacial score (nSPS) is 9.88. The van der Waals surface area contributed by atoms with E-state index in [1.165, 1.54) is 10.6 Å². The number of hydrogen-bond acceptors (Lipinski definition) is 1. The predicted octanol–water partition coefficient (Wildman–Crippen LogP) is 4.63. The molecule has 0 atom stereocenters. The van der Waals surface area contributed by atoms with Crippen LogP contribution in [0.3, 0.4) is 0 Å². The number of carbonyl (C=O) groups is 1. The van der Waals surface area contributed by atoms with E-state index in [-0.39, 0.29) is 0 Å². The minimum atomic E-state index is -0.843. The highest BCUT2D eigenvalue weighted by Gasteiger charge is 2.09. The molecule has 0 saturated carbocycles. The van der Waals surface area contributed by atoms with Gasteiger partial charge in [0.2, 0.25) is 0 Å². The minimum Gasteiger partial charge on any atom is -0.478 e. The molecule has 2 nitrogen and oxygen atoms in total. The summed E-state index contributed by atoms with van der Waals surface area (Å²) in [5, 5.41) is 11.6. The number of carboxylic acid groups (broad SMARTS) is 1. The van der Waals surface area contributed by atoms with Gasteiger partial charge in [0, 0.05) is 0 Å². The molecule has 0 aromatic heterocycles. The fourth-order valence-corrected chi connectivity index (χ4v) is 3.78. The molecule has 3 aromatic carbocycles. The topological polar surface area (TPSA) is 37.3 Å². The van der Waals surface area contributed by atoms with E-state index in [0.717, 1.165) is 25.3 Å². The van der Waals surface area contributed by atoms with E-state index in [1.807, 2.05) is 32.9 Å². The third-order valence-electron chi connectivity index (χ3n) is 3.73. The number of rotatable bonds is 3. The summed E-state index contributed by atoms with van der Waals surface area (Å²) in [6.45, 7) is 5.61.